The number of furan rings is 1. The van der Waals surface area contributed by atoms with Gasteiger partial charge in [-0.05, 0) is 47.9 Å². The van der Waals surface area contributed by atoms with Crippen molar-refractivity contribution in [1.29, 1.82) is 0 Å². The number of hydrogen-bond donors (Lipinski definition) is 1. The van der Waals surface area contributed by atoms with Gasteiger partial charge in [0, 0.05) is 28.5 Å². The van der Waals surface area contributed by atoms with Crippen molar-refractivity contribution in [3.8, 4) is 11.5 Å². The van der Waals surface area contributed by atoms with Gasteiger partial charge in [-0.3, -0.25) is 4.79 Å². The second-order valence-electron chi connectivity index (χ2n) is 8.48. The fourth-order valence-corrected chi connectivity index (χ4v) is 5.12. The van der Waals surface area contributed by atoms with E-state index >= 15 is 0 Å². The molecular formula is C27H20N2O4. The lowest BCUT2D eigenvalue weighted by Crippen LogP contribution is -2.40. The lowest BCUT2D eigenvalue weighted by Gasteiger charge is -2.35. The van der Waals surface area contributed by atoms with Crippen LogP contribution >= 0.6 is 0 Å². The first-order valence-corrected chi connectivity index (χ1v) is 11.0. The van der Waals surface area contributed by atoms with Crippen molar-refractivity contribution in [2.75, 3.05) is 13.3 Å². The van der Waals surface area contributed by atoms with E-state index in [1.807, 2.05) is 59.5 Å². The molecule has 0 aliphatic carbocycles. The molecule has 0 radical (unpaired) electrons. The van der Waals surface area contributed by atoms with Crippen molar-refractivity contribution in [2.24, 2.45) is 0 Å². The molecular weight excluding hydrogens is 416 g/mol. The Balaban J connectivity index is 1.39. The summed E-state index contributed by atoms with van der Waals surface area (Å²) in [5.74, 6) is 1.65. The van der Waals surface area contributed by atoms with E-state index < -0.39 is 0 Å². The number of hydrogen-bond acceptors (Lipinski definition) is 4. The number of H-pyrrole nitrogens is 1. The number of aromatic amines is 1. The maximum Gasteiger partial charge on any atom is 0.290 e. The molecule has 0 spiro atoms. The van der Waals surface area contributed by atoms with Gasteiger partial charge in [0.25, 0.3) is 5.91 Å². The van der Waals surface area contributed by atoms with Crippen LogP contribution in [0.4, 0.5) is 0 Å². The summed E-state index contributed by atoms with van der Waals surface area (Å²) in [7, 11) is 0. The Kier molecular flexibility index (Phi) is 3.85. The van der Waals surface area contributed by atoms with Gasteiger partial charge in [0.05, 0.1) is 6.04 Å². The number of fused-ring (bicyclic) bond motifs is 5. The number of ether oxygens (including phenoxy) is 2. The summed E-state index contributed by atoms with van der Waals surface area (Å²) in [6.07, 6.45) is 0.770. The number of nitrogens with one attached hydrogen (secondary N) is 1. The van der Waals surface area contributed by atoms with Crippen LogP contribution in [0.1, 0.15) is 33.4 Å². The minimum Gasteiger partial charge on any atom is -0.454 e. The fraction of sp³-hybridized carbons (Fsp3) is 0.148. The molecule has 1 atom stereocenters. The molecule has 0 fully saturated rings. The number of benzene rings is 3. The zero-order chi connectivity index (χ0) is 21.9. The average molecular weight is 436 g/mol. The molecule has 2 aliphatic rings. The third-order valence-corrected chi connectivity index (χ3v) is 6.64. The Morgan fingerprint density at radius 3 is 2.73 bits per heavy atom. The Labute approximate surface area is 189 Å². The summed E-state index contributed by atoms with van der Waals surface area (Å²) in [5.41, 5.74) is 5.04. The fourth-order valence-electron chi connectivity index (χ4n) is 5.12. The van der Waals surface area contributed by atoms with Crippen LogP contribution in [-0.2, 0) is 6.42 Å². The van der Waals surface area contributed by atoms with Crippen LogP contribution in [-0.4, -0.2) is 29.1 Å². The maximum absolute atomic E-state index is 13.8. The van der Waals surface area contributed by atoms with E-state index in [0.29, 0.717) is 23.6 Å². The van der Waals surface area contributed by atoms with Crippen LogP contribution in [0.3, 0.4) is 0 Å². The average Bonchev–Trinajstić information content (AvgIpc) is 3.58. The minimum absolute atomic E-state index is 0.127. The van der Waals surface area contributed by atoms with Crippen LogP contribution in [0.5, 0.6) is 11.5 Å². The summed E-state index contributed by atoms with van der Waals surface area (Å²) in [6.45, 7) is 0.798. The quantitative estimate of drug-likeness (QED) is 0.401. The third kappa shape index (κ3) is 2.77. The SMILES string of the molecule is O=C(c1cc2ccccc2o1)N1CCc2c([nH]c3ccccc23)[C@@H]1c1ccc2c(c1)OCO2. The van der Waals surface area contributed by atoms with Gasteiger partial charge in [0.2, 0.25) is 6.79 Å². The van der Waals surface area contributed by atoms with Gasteiger partial charge in [-0.1, -0.05) is 42.5 Å². The number of carbonyl (C=O) groups is 1. The normalized spacial score (nSPS) is 17.0. The molecule has 7 rings (SSSR count). The van der Waals surface area contributed by atoms with Crippen LogP contribution < -0.4 is 9.47 Å². The van der Waals surface area contributed by atoms with Crippen molar-refractivity contribution in [2.45, 2.75) is 12.5 Å². The molecule has 162 valence electrons. The Morgan fingerprint density at radius 2 is 1.79 bits per heavy atom. The number of nitrogens with zero attached hydrogens (tertiary/aromatic N) is 1. The number of rotatable bonds is 2. The molecule has 0 saturated carbocycles. The molecule has 0 bridgehead atoms. The molecule has 5 aromatic rings. The highest BCUT2D eigenvalue weighted by molar-refractivity contribution is 5.97. The van der Waals surface area contributed by atoms with Crippen LogP contribution in [0.25, 0.3) is 21.9 Å². The second kappa shape index (κ2) is 6.90. The predicted molar refractivity (Wildman–Crippen MR) is 124 cm³/mol. The Hall–Kier alpha value is -4.19. The van der Waals surface area contributed by atoms with Crippen LogP contribution in [0.15, 0.2) is 77.2 Å². The number of aromatic nitrogens is 1. The monoisotopic (exact) mass is 436 g/mol. The predicted octanol–water partition coefficient (Wildman–Crippen LogP) is 5.43. The van der Waals surface area contributed by atoms with Gasteiger partial charge in [-0.2, -0.15) is 0 Å². The molecule has 6 nitrogen and oxygen atoms in total. The second-order valence-corrected chi connectivity index (χ2v) is 8.48. The van der Waals surface area contributed by atoms with Crippen molar-refractivity contribution < 1.29 is 18.7 Å². The topological polar surface area (TPSA) is 67.7 Å². The highest BCUT2D eigenvalue weighted by Gasteiger charge is 2.36. The van der Waals surface area contributed by atoms with Gasteiger partial charge in [0.1, 0.15) is 5.58 Å². The molecule has 0 saturated heterocycles. The standard InChI is InChI=1S/C27H20N2O4/c30-27(24-13-16-5-1-4-8-21(16)33-24)29-12-11-19-18-6-2-3-7-20(18)28-25(19)26(29)17-9-10-22-23(14-17)32-15-31-22/h1-10,13-14,26,28H,11-12,15H2/t26-/m0/s1. The van der Waals surface area contributed by atoms with Crippen molar-refractivity contribution in [1.82, 2.24) is 9.88 Å². The largest absolute Gasteiger partial charge is 0.454 e. The first-order valence-electron chi connectivity index (χ1n) is 11.0. The lowest BCUT2D eigenvalue weighted by atomic mass is 9.92. The maximum atomic E-state index is 13.8. The minimum atomic E-state index is -0.295. The van der Waals surface area contributed by atoms with E-state index in [4.69, 9.17) is 13.9 Å². The molecule has 0 unspecified atom stereocenters. The summed E-state index contributed by atoms with van der Waals surface area (Å²) < 4.78 is 17.1. The van der Waals surface area contributed by atoms with Crippen molar-refractivity contribution >= 4 is 27.8 Å². The zero-order valence-corrected chi connectivity index (χ0v) is 17.7. The smallest absolute Gasteiger partial charge is 0.290 e. The van der Waals surface area contributed by atoms with Gasteiger partial charge in [-0.15, -0.1) is 0 Å². The molecule has 6 heteroatoms. The van der Waals surface area contributed by atoms with E-state index in [2.05, 4.69) is 23.2 Å². The van der Waals surface area contributed by atoms with Gasteiger partial charge >= 0.3 is 0 Å². The molecule has 33 heavy (non-hydrogen) atoms. The third-order valence-electron chi connectivity index (χ3n) is 6.64. The Bertz CT molecular complexity index is 1510. The summed E-state index contributed by atoms with van der Waals surface area (Å²) in [5, 5.41) is 2.12. The molecule has 4 heterocycles. The number of amides is 1. The highest BCUT2D eigenvalue weighted by atomic mass is 16.7. The van der Waals surface area contributed by atoms with E-state index in [9.17, 15) is 4.79 Å². The highest BCUT2D eigenvalue weighted by Crippen LogP contribution is 2.42. The van der Waals surface area contributed by atoms with E-state index in [0.717, 1.165) is 34.3 Å². The van der Waals surface area contributed by atoms with Gasteiger partial charge < -0.3 is 23.8 Å². The summed E-state index contributed by atoms with van der Waals surface area (Å²) in [4.78, 5) is 19.3. The number of para-hydroxylation sites is 2. The number of carbonyl (C=O) groups excluding carboxylic acids is 1. The lowest BCUT2D eigenvalue weighted by molar-refractivity contribution is 0.0661. The summed E-state index contributed by atoms with van der Waals surface area (Å²) in [6, 6.07) is 23.4. The van der Waals surface area contributed by atoms with E-state index in [1.54, 1.807) is 0 Å². The summed E-state index contributed by atoms with van der Waals surface area (Å²) >= 11 is 0. The molecule has 2 aliphatic heterocycles. The van der Waals surface area contributed by atoms with Crippen molar-refractivity contribution in [3.05, 3.63) is 95.4 Å². The van der Waals surface area contributed by atoms with E-state index in [-0.39, 0.29) is 18.7 Å². The molecule has 2 aromatic heterocycles. The molecule has 1 amide bonds. The Morgan fingerprint density at radius 1 is 0.939 bits per heavy atom. The van der Waals surface area contributed by atoms with Gasteiger partial charge in [-0.25, -0.2) is 0 Å². The van der Waals surface area contributed by atoms with Crippen LogP contribution in [0, 0.1) is 0 Å². The van der Waals surface area contributed by atoms with Gasteiger partial charge in [0.15, 0.2) is 17.3 Å². The zero-order valence-electron chi connectivity index (χ0n) is 17.7. The van der Waals surface area contributed by atoms with Crippen molar-refractivity contribution in [3.63, 3.8) is 0 Å². The molecule has 3 aromatic carbocycles. The molecule has 1 N–H and O–H groups in total. The first kappa shape index (κ1) is 18.4. The van der Waals surface area contributed by atoms with Crippen LogP contribution in [0.2, 0.25) is 0 Å². The first-order chi connectivity index (χ1) is 16.3. The van der Waals surface area contributed by atoms with E-state index in [1.165, 1.54) is 10.9 Å².